The van der Waals surface area contributed by atoms with Crippen LogP contribution in [0.2, 0.25) is 0 Å². The van der Waals surface area contributed by atoms with E-state index in [1.54, 1.807) is 0 Å². The summed E-state index contributed by atoms with van der Waals surface area (Å²) in [4.78, 5) is 14.4. The van der Waals surface area contributed by atoms with E-state index in [9.17, 15) is 4.39 Å². The average Bonchev–Trinajstić information content (AvgIpc) is 2.64. The summed E-state index contributed by atoms with van der Waals surface area (Å²) in [6.07, 6.45) is 6.68. The molecule has 2 aliphatic rings. The van der Waals surface area contributed by atoms with Crippen molar-refractivity contribution in [3.63, 3.8) is 0 Å². The molecule has 1 saturated heterocycles. The molecule has 0 radical (unpaired) electrons. The Labute approximate surface area is 148 Å². The van der Waals surface area contributed by atoms with Crippen LogP contribution in [0.5, 0.6) is 0 Å². The normalized spacial score (nSPS) is 21.9. The van der Waals surface area contributed by atoms with E-state index in [2.05, 4.69) is 16.8 Å². The first-order valence-electron chi connectivity index (χ1n) is 9.21. The lowest BCUT2D eigenvalue weighted by atomic mass is 10.0. The molecule has 5 heteroatoms. The number of hydrogen-bond acceptors (Lipinski definition) is 4. The Bertz CT molecular complexity index is 731. The molecule has 3 heterocycles. The highest BCUT2D eigenvalue weighted by Gasteiger charge is 2.25. The van der Waals surface area contributed by atoms with E-state index in [4.69, 9.17) is 9.97 Å². The predicted molar refractivity (Wildman–Crippen MR) is 95.5 cm³/mol. The van der Waals surface area contributed by atoms with Crippen molar-refractivity contribution in [2.24, 2.45) is 0 Å². The fraction of sp³-hybridized carbons (Fsp3) is 0.500. The van der Waals surface area contributed by atoms with Gasteiger partial charge < -0.3 is 0 Å². The summed E-state index contributed by atoms with van der Waals surface area (Å²) in [6, 6.07) is 7.16. The topological polar surface area (TPSA) is 32.3 Å². The number of rotatable bonds is 3. The van der Waals surface area contributed by atoms with Crippen LogP contribution in [0.3, 0.4) is 0 Å². The van der Waals surface area contributed by atoms with Crippen LogP contribution in [0.1, 0.15) is 47.9 Å². The number of nitrogens with zero attached hydrogens (tertiary/aromatic N) is 4. The number of hydrogen-bond donors (Lipinski definition) is 0. The van der Waals surface area contributed by atoms with Crippen LogP contribution >= 0.6 is 0 Å². The molecule has 0 unspecified atom stereocenters. The molecule has 1 fully saturated rings. The van der Waals surface area contributed by atoms with Gasteiger partial charge in [0, 0.05) is 43.5 Å². The molecule has 0 N–H and O–H groups in total. The minimum absolute atomic E-state index is 0.179. The molecule has 0 amide bonds. The minimum Gasteiger partial charge on any atom is -0.296 e. The van der Waals surface area contributed by atoms with Crippen molar-refractivity contribution >= 4 is 0 Å². The fourth-order valence-corrected chi connectivity index (χ4v) is 3.93. The van der Waals surface area contributed by atoms with E-state index in [1.807, 2.05) is 18.3 Å². The smallest absolute Gasteiger partial charge is 0.145 e. The summed E-state index contributed by atoms with van der Waals surface area (Å²) in [5, 5.41) is 0. The Kier molecular flexibility index (Phi) is 4.77. The largest absolute Gasteiger partial charge is 0.296 e. The minimum atomic E-state index is -0.179. The first-order chi connectivity index (χ1) is 12.2. The van der Waals surface area contributed by atoms with Gasteiger partial charge in [0.2, 0.25) is 0 Å². The first-order valence-corrected chi connectivity index (χ1v) is 9.21. The van der Waals surface area contributed by atoms with Crippen molar-refractivity contribution < 1.29 is 4.39 Å². The van der Waals surface area contributed by atoms with E-state index in [1.165, 1.54) is 36.2 Å². The molecule has 0 bridgehead atoms. The second-order valence-corrected chi connectivity index (χ2v) is 7.28. The molecule has 25 heavy (non-hydrogen) atoms. The third-order valence-corrected chi connectivity index (χ3v) is 5.42. The van der Waals surface area contributed by atoms with Gasteiger partial charge in [-0.2, -0.15) is 0 Å². The van der Waals surface area contributed by atoms with E-state index in [-0.39, 0.29) is 5.82 Å². The number of halogens is 1. The maximum Gasteiger partial charge on any atom is 0.145 e. The molecule has 2 aromatic rings. The van der Waals surface area contributed by atoms with Crippen LogP contribution in [-0.2, 0) is 19.5 Å². The van der Waals surface area contributed by atoms with Crippen LogP contribution in [-0.4, -0.2) is 39.9 Å². The molecule has 0 aliphatic carbocycles. The van der Waals surface area contributed by atoms with E-state index < -0.39 is 0 Å². The molecule has 4 rings (SSSR count). The van der Waals surface area contributed by atoms with Crippen molar-refractivity contribution in [3.8, 4) is 0 Å². The third-order valence-electron chi connectivity index (χ3n) is 5.42. The molecule has 2 aliphatic heterocycles. The SMILES string of the molecule is CN1CCCC[C@H]1c1ncc2c(n1)CCN(Cc1ccc(F)cc1)C2. The summed E-state index contributed by atoms with van der Waals surface area (Å²) in [7, 11) is 2.18. The van der Waals surface area contributed by atoms with Crippen molar-refractivity contribution in [1.82, 2.24) is 19.8 Å². The Morgan fingerprint density at radius 3 is 2.80 bits per heavy atom. The summed E-state index contributed by atoms with van der Waals surface area (Å²) >= 11 is 0. The van der Waals surface area contributed by atoms with Crippen LogP contribution in [0.4, 0.5) is 4.39 Å². The fourth-order valence-electron chi connectivity index (χ4n) is 3.93. The van der Waals surface area contributed by atoms with Crippen molar-refractivity contribution in [2.75, 3.05) is 20.1 Å². The second kappa shape index (κ2) is 7.18. The Morgan fingerprint density at radius 1 is 1.16 bits per heavy atom. The maximum atomic E-state index is 13.0. The molecule has 4 nitrogen and oxygen atoms in total. The first kappa shape index (κ1) is 16.6. The standard InChI is InChI=1S/C20H25FN4/c1-24-10-3-2-4-19(24)20-22-12-16-14-25(11-9-18(16)23-20)13-15-5-7-17(21)8-6-15/h5-8,12,19H,2-4,9-11,13-14H2,1H3/t19-/m0/s1. The molecular weight excluding hydrogens is 315 g/mol. The van der Waals surface area contributed by atoms with Gasteiger partial charge in [-0.1, -0.05) is 18.6 Å². The van der Waals surface area contributed by atoms with E-state index in [0.717, 1.165) is 50.4 Å². The van der Waals surface area contributed by atoms with Gasteiger partial charge in [0.1, 0.15) is 11.6 Å². The van der Waals surface area contributed by atoms with Gasteiger partial charge in [-0.25, -0.2) is 14.4 Å². The number of likely N-dealkylation sites (tertiary alicyclic amines) is 1. The third kappa shape index (κ3) is 3.72. The molecule has 1 aromatic heterocycles. The zero-order valence-electron chi connectivity index (χ0n) is 14.8. The average molecular weight is 340 g/mol. The molecular formula is C20H25FN4. The highest BCUT2D eigenvalue weighted by Crippen LogP contribution is 2.28. The van der Waals surface area contributed by atoms with Crippen molar-refractivity contribution in [2.45, 2.75) is 44.8 Å². The van der Waals surface area contributed by atoms with Crippen LogP contribution in [0, 0.1) is 5.82 Å². The van der Waals surface area contributed by atoms with Gasteiger partial charge in [-0.05, 0) is 44.1 Å². The van der Waals surface area contributed by atoms with Gasteiger partial charge in [0.15, 0.2) is 0 Å². The molecule has 1 aromatic carbocycles. The van der Waals surface area contributed by atoms with Gasteiger partial charge in [0.05, 0.1) is 6.04 Å². The van der Waals surface area contributed by atoms with Crippen LogP contribution in [0.15, 0.2) is 30.5 Å². The van der Waals surface area contributed by atoms with Crippen LogP contribution in [0.25, 0.3) is 0 Å². The monoisotopic (exact) mass is 340 g/mol. The number of piperidine rings is 1. The van der Waals surface area contributed by atoms with Crippen molar-refractivity contribution in [3.05, 3.63) is 58.9 Å². The van der Waals surface area contributed by atoms with E-state index >= 15 is 0 Å². The van der Waals surface area contributed by atoms with Gasteiger partial charge in [0.25, 0.3) is 0 Å². The highest BCUT2D eigenvalue weighted by molar-refractivity contribution is 5.23. The molecule has 0 spiro atoms. The summed E-state index contributed by atoms with van der Waals surface area (Å²) in [6.45, 7) is 3.83. The lowest BCUT2D eigenvalue weighted by Crippen LogP contribution is -2.33. The lowest BCUT2D eigenvalue weighted by molar-refractivity contribution is 0.178. The Morgan fingerprint density at radius 2 is 2.00 bits per heavy atom. The summed E-state index contributed by atoms with van der Waals surface area (Å²) < 4.78 is 13.0. The zero-order valence-corrected chi connectivity index (χ0v) is 14.8. The lowest BCUT2D eigenvalue weighted by Gasteiger charge is -2.32. The maximum absolute atomic E-state index is 13.0. The van der Waals surface area contributed by atoms with Gasteiger partial charge >= 0.3 is 0 Å². The molecule has 132 valence electrons. The Balaban J connectivity index is 1.46. The van der Waals surface area contributed by atoms with Crippen LogP contribution < -0.4 is 0 Å². The van der Waals surface area contributed by atoms with Gasteiger partial charge in [-0.3, -0.25) is 9.80 Å². The molecule has 0 saturated carbocycles. The summed E-state index contributed by atoms with van der Waals surface area (Å²) in [5.74, 6) is 0.814. The zero-order chi connectivity index (χ0) is 17.2. The summed E-state index contributed by atoms with van der Waals surface area (Å²) in [5.41, 5.74) is 3.58. The number of aromatic nitrogens is 2. The van der Waals surface area contributed by atoms with Crippen molar-refractivity contribution in [1.29, 1.82) is 0 Å². The van der Waals surface area contributed by atoms with E-state index in [0.29, 0.717) is 6.04 Å². The molecule has 1 atom stereocenters. The number of fused-ring (bicyclic) bond motifs is 1. The quantitative estimate of drug-likeness (QED) is 0.858. The second-order valence-electron chi connectivity index (χ2n) is 7.28. The predicted octanol–water partition coefficient (Wildman–Crippen LogP) is 3.33. The Hall–Kier alpha value is -1.85. The van der Waals surface area contributed by atoms with Gasteiger partial charge in [-0.15, -0.1) is 0 Å². The number of benzene rings is 1. The highest BCUT2D eigenvalue weighted by atomic mass is 19.1.